The van der Waals surface area contributed by atoms with Crippen molar-refractivity contribution in [2.24, 2.45) is 0 Å². The van der Waals surface area contributed by atoms with Crippen LogP contribution in [0.15, 0.2) is 36.4 Å². The molecule has 2 aromatic carbocycles. The number of carbonyl (C=O) groups is 2. The zero-order valence-corrected chi connectivity index (χ0v) is 20.6. The molecule has 0 aliphatic carbocycles. The lowest BCUT2D eigenvalue weighted by Crippen LogP contribution is -2.48. The highest BCUT2D eigenvalue weighted by molar-refractivity contribution is 6.31. The van der Waals surface area contributed by atoms with Crippen molar-refractivity contribution in [1.29, 1.82) is 0 Å². The van der Waals surface area contributed by atoms with E-state index in [4.69, 9.17) is 11.6 Å². The standard InChI is InChI=1S/C25H30ClN5O4/c1-2-24(32)30-14-12-29(13-15-30)21-9-7-19(26)17-20(21)27-25(33)18-6-8-22(23(16-18)31(34)35)28-10-4-3-5-11-28/h6-9,16-17H,2-5,10-15H2,1H3,(H,27,33). The van der Waals surface area contributed by atoms with Crippen LogP contribution in [-0.4, -0.2) is 60.9 Å². The summed E-state index contributed by atoms with van der Waals surface area (Å²) in [7, 11) is 0. The fraction of sp³-hybridized carbons (Fsp3) is 0.440. The summed E-state index contributed by atoms with van der Waals surface area (Å²) < 4.78 is 0. The quantitative estimate of drug-likeness (QED) is 0.462. The SMILES string of the molecule is CCC(=O)N1CCN(c2ccc(Cl)cc2NC(=O)c2ccc(N3CCCCC3)c([N+](=O)[O-])c2)CC1. The molecule has 2 aromatic rings. The minimum Gasteiger partial charge on any atom is -0.366 e. The van der Waals surface area contributed by atoms with Crippen LogP contribution >= 0.6 is 11.6 Å². The molecule has 2 aliphatic heterocycles. The molecule has 0 aromatic heterocycles. The Balaban J connectivity index is 1.54. The number of carbonyl (C=O) groups excluding carboxylic acids is 2. The number of nitrogens with one attached hydrogen (secondary N) is 1. The smallest absolute Gasteiger partial charge is 0.293 e. The Bertz CT molecular complexity index is 1110. The van der Waals surface area contributed by atoms with Crippen molar-refractivity contribution in [3.63, 3.8) is 0 Å². The van der Waals surface area contributed by atoms with Gasteiger partial charge in [-0.1, -0.05) is 18.5 Å². The van der Waals surface area contributed by atoms with Crippen LogP contribution in [0.5, 0.6) is 0 Å². The molecule has 2 fully saturated rings. The van der Waals surface area contributed by atoms with Gasteiger partial charge in [-0.05, 0) is 49.6 Å². The Morgan fingerprint density at radius 1 is 0.943 bits per heavy atom. The van der Waals surface area contributed by atoms with Gasteiger partial charge in [0.1, 0.15) is 5.69 Å². The summed E-state index contributed by atoms with van der Waals surface area (Å²) in [6, 6.07) is 9.92. The summed E-state index contributed by atoms with van der Waals surface area (Å²) in [6.07, 6.45) is 3.59. The number of anilines is 3. The normalized spacial score (nSPS) is 16.2. The van der Waals surface area contributed by atoms with Crippen molar-refractivity contribution in [1.82, 2.24) is 4.90 Å². The van der Waals surface area contributed by atoms with Crippen LogP contribution in [0, 0.1) is 10.1 Å². The first-order chi connectivity index (χ1) is 16.9. The average molecular weight is 500 g/mol. The topological polar surface area (TPSA) is 99.0 Å². The molecule has 0 bridgehead atoms. The van der Waals surface area contributed by atoms with Gasteiger partial charge in [0.15, 0.2) is 0 Å². The number of piperazine rings is 1. The van der Waals surface area contributed by atoms with E-state index in [9.17, 15) is 19.7 Å². The predicted octanol–water partition coefficient (Wildman–Crippen LogP) is 4.55. The number of benzene rings is 2. The van der Waals surface area contributed by atoms with E-state index in [0.29, 0.717) is 49.0 Å². The molecule has 0 spiro atoms. The number of halogens is 1. The summed E-state index contributed by atoms with van der Waals surface area (Å²) in [4.78, 5) is 42.5. The largest absolute Gasteiger partial charge is 0.366 e. The van der Waals surface area contributed by atoms with Gasteiger partial charge in [0.25, 0.3) is 11.6 Å². The second-order valence-electron chi connectivity index (χ2n) is 8.85. The molecule has 0 unspecified atom stereocenters. The monoisotopic (exact) mass is 499 g/mol. The molecule has 10 heteroatoms. The predicted molar refractivity (Wildman–Crippen MR) is 138 cm³/mol. The Hall–Kier alpha value is -3.33. The highest BCUT2D eigenvalue weighted by Gasteiger charge is 2.25. The molecule has 186 valence electrons. The fourth-order valence-corrected chi connectivity index (χ4v) is 4.88. The van der Waals surface area contributed by atoms with Gasteiger partial charge in [-0.2, -0.15) is 0 Å². The van der Waals surface area contributed by atoms with E-state index >= 15 is 0 Å². The van der Waals surface area contributed by atoms with Crippen LogP contribution in [0.4, 0.5) is 22.7 Å². The molecule has 0 radical (unpaired) electrons. The van der Waals surface area contributed by atoms with E-state index in [1.165, 1.54) is 6.07 Å². The number of hydrogen-bond donors (Lipinski definition) is 1. The zero-order valence-electron chi connectivity index (χ0n) is 19.8. The van der Waals surface area contributed by atoms with Crippen molar-refractivity contribution in [3.8, 4) is 0 Å². The first-order valence-corrected chi connectivity index (χ1v) is 12.4. The van der Waals surface area contributed by atoms with Gasteiger partial charge in [0.2, 0.25) is 5.91 Å². The van der Waals surface area contributed by atoms with Crippen LogP contribution in [0.1, 0.15) is 43.0 Å². The van der Waals surface area contributed by atoms with E-state index in [1.807, 2.05) is 22.8 Å². The van der Waals surface area contributed by atoms with Crippen LogP contribution < -0.4 is 15.1 Å². The third-order valence-corrected chi connectivity index (χ3v) is 6.85. The van der Waals surface area contributed by atoms with Crippen molar-refractivity contribution >= 4 is 46.2 Å². The van der Waals surface area contributed by atoms with Gasteiger partial charge < -0.3 is 20.0 Å². The van der Waals surface area contributed by atoms with Gasteiger partial charge in [-0.15, -0.1) is 0 Å². The molecular weight excluding hydrogens is 470 g/mol. The van der Waals surface area contributed by atoms with E-state index in [-0.39, 0.29) is 17.2 Å². The van der Waals surface area contributed by atoms with E-state index in [2.05, 4.69) is 10.2 Å². The maximum Gasteiger partial charge on any atom is 0.293 e. The van der Waals surface area contributed by atoms with Gasteiger partial charge >= 0.3 is 0 Å². The van der Waals surface area contributed by atoms with Gasteiger partial charge in [0, 0.05) is 62.3 Å². The number of nitro benzene ring substituents is 1. The van der Waals surface area contributed by atoms with Crippen LogP contribution in [0.3, 0.4) is 0 Å². The molecule has 0 atom stereocenters. The minimum absolute atomic E-state index is 0.0671. The summed E-state index contributed by atoms with van der Waals surface area (Å²) in [5, 5.41) is 15.2. The van der Waals surface area contributed by atoms with Crippen LogP contribution in [0.25, 0.3) is 0 Å². The molecule has 4 rings (SSSR count). The Kier molecular flexibility index (Phi) is 7.75. The van der Waals surface area contributed by atoms with E-state index < -0.39 is 10.8 Å². The lowest BCUT2D eigenvalue weighted by Gasteiger charge is -2.37. The highest BCUT2D eigenvalue weighted by Crippen LogP contribution is 2.33. The number of amides is 2. The third kappa shape index (κ3) is 5.67. The average Bonchev–Trinajstić information content (AvgIpc) is 2.88. The summed E-state index contributed by atoms with van der Waals surface area (Å²) in [5.74, 6) is -0.314. The Labute approximate surface area is 209 Å². The second-order valence-corrected chi connectivity index (χ2v) is 9.28. The van der Waals surface area contributed by atoms with Gasteiger partial charge in [-0.25, -0.2) is 0 Å². The number of nitrogens with zero attached hydrogens (tertiary/aromatic N) is 4. The molecule has 1 N–H and O–H groups in total. The zero-order chi connectivity index (χ0) is 24.9. The molecule has 0 saturated carbocycles. The van der Waals surface area contributed by atoms with Crippen molar-refractivity contribution < 1.29 is 14.5 Å². The second kappa shape index (κ2) is 10.9. The van der Waals surface area contributed by atoms with Crippen molar-refractivity contribution in [3.05, 3.63) is 57.1 Å². The highest BCUT2D eigenvalue weighted by atomic mass is 35.5. The van der Waals surface area contributed by atoms with Crippen molar-refractivity contribution in [2.45, 2.75) is 32.6 Å². The molecule has 2 aliphatic rings. The molecular formula is C25H30ClN5O4. The number of hydrogen-bond acceptors (Lipinski definition) is 6. The molecule has 9 nitrogen and oxygen atoms in total. The summed E-state index contributed by atoms with van der Waals surface area (Å²) in [5.41, 5.74) is 2.02. The first kappa shape index (κ1) is 24.8. The molecule has 2 amide bonds. The lowest BCUT2D eigenvalue weighted by atomic mass is 10.1. The first-order valence-electron chi connectivity index (χ1n) is 12.0. The third-order valence-electron chi connectivity index (χ3n) is 6.61. The van der Waals surface area contributed by atoms with Gasteiger partial charge in [0.05, 0.1) is 16.3 Å². The molecule has 2 saturated heterocycles. The fourth-order valence-electron chi connectivity index (χ4n) is 4.71. The summed E-state index contributed by atoms with van der Waals surface area (Å²) in [6.45, 7) is 5.87. The lowest BCUT2D eigenvalue weighted by molar-refractivity contribution is -0.384. The van der Waals surface area contributed by atoms with Crippen molar-refractivity contribution in [2.75, 3.05) is 54.4 Å². The number of rotatable bonds is 6. The maximum atomic E-state index is 13.1. The van der Waals surface area contributed by atoms with Gasteiger partial charge in [-0.3, -0.25) is 19.7 Å². The maximum absolute atomic E-state index is 13.1. The summed E-state index contributed by atoms with van der Waals surface area (Å²) >= 11 is 6.22. The Morgan fingerprint density at radius 3 is 2.26 bits per heavy atom. The van der Waals surface area contributed by atoms with E-state index in [1.54, 1.807) is 24.3 Å². The molecule has 2 heterocycles. The Morgan fingerprint density at radius 2 is 1.60 bits per heavy atom. The van der Waals surface area contributed by atoms with Crippen LogP contribution in [0.2, 0.25) is 5.02 Å². The molecule has 35 heavy (non-hydrogen) atoms. The minimum atomic E-state index is -0.443. The van der Waals surface area contributed by atoms with E-state index in [0.717, 1.165) is 38.0 Å². The van der Waals surface area contributed by atoms with Crippen LogP contribution in [-0.2, 0) is 4.79 Å². The number of nitro groups is 1. The number of piperidine rings is 1.